The minimum atomic E-state index is -0.563. The summed E-state index contributed by atoms with van der Waals surface area (Å²) < 4.78 is 17.2. The lowest BCUT2D eigenvalue weighted by Crippen LogP contribution is -2.33. The first-order valence-electron chi connectivity index (χ1n) is 9.95. The summed E-state index contributed by atoms with van der Waals surface area (Å²) in [5.74, 6) is 1.90. The van der Waals surface area contributed by atoms with Crippen molar-refractivity contribution in [1.29, 1.82) is 0 Å². The molecule has 0 unspecified atom stereocenters. The zero-order chi connectivity index (χ0) is 21.5. The van der Waals surface area contributed by atoms with Crippen LogP contribution in [0.4, 0.5) is 0 Å². The molecule has 0 radical (unpaired) electrons. The maximum absolute atomic E-state index is 10.4. The number of aromatic hydroxyl groups is 2. The third-order valence-corrected chi connectivity index (χ3v) is 5.70. The maximum atomic E-state index is 10.4. The molecule has 2 aliphatic heterocycles. The third-order valence-electron chi connectivity index (χ3n) is 5.70. The van der Waals surface area contributed by atoms with Crippen LogP contribution < -0.4 is 14.2 Å². The Morgan fingerprint density at radius 1 is 0.935 bits per heavy atom. The number of nitrogens with zero attached hydrogens (tertiary/aromatic N) is 2. The van der Waals surface area contributed by atoms with E-state index < -0.39 is 6.23 Å². The molecule has 7 nitrogen and oxygen atoms in total. The monoisotopic (exact) mass is 418 g/mol. The molecule has 0 aromatic heterocycles. The predicted molar refractivity (Wildman–Crippen MR) is 115 cm³/mol. The van der Waals surface area contributed by atoms with Crippen molar-refractivity contribution in [2.45, 2.75) is 18.7 Å². The van der Waals surface area contributed by atoms with Gasteiger partial charge in [0, 0.05) is 23.1 Å². The summed E-state index contributed by atoms with van der Waals surface area (Å²) in [6, 6.07) is 18.0. The Morgan fingerprint density at radius 2 is 1.74 bits per heavy atom. The first-order valence-corrected chi connectivity index (χ1v) is 9.95. The zero-order valence-electron chi connectivity index (χ0n) is 17.1. The van der Waals surface area contributed by atoms with Gasteiger partial charge in [-0.3, -0.25) is 0 Å². The lowest BCUT2D eigenvalue weighted by Gasteiger charge is -2.38. The Balaban J connectivity index is 1.64. The molecule has 0 spiro atoms. The van der Waals surface area contributed by atoms with Crippen LogP contribution in [-0.2, 0) is 0 Å². The molecule has 3 aromatic rings. The number of benzene rings is 3. The fourth-order valence-corrected chi connectivity index (χ4v) is 4.19. The van der Waals surface area contributed by atoms with E-state index in [2.05, 4.69) is 0 Å². The van der Waals surface area contributed by atoms with Crippen molar-refractivity contribution in [3.8, 4) is 28.7 Å². The molecule has 7 heteroatoms. The van der Waals surface area contributed by atoms with Gasteiger partial charge in [-0.15, -0.1) is 0 Å². The van der Waals surface area contributed by atoms with E-state index in [1.165, 1.54) is 7.11 Å². The Bertz CT molecular complexity index is 1180. The molecule has 0 fully saturated rings. The smallest absolute Gasteiger partial charge is 0.214 e. The molecule has 0 saturated heterocycles. The number of ether oxygens (including phenoxy) is 3. The SMILES string of the molecule is COc1cc([C@@H]2Oc3c(OC)cccc3[C@@H]3CC(c4ccccc4O)=NN32)ccc1O. The van der Waals surface area contributed by atoms with Crippen LogP contribution in [0.2, 0.25) is 0 Å². The fraction of sp³-hybridized carbons (Fsp3) is 0.208. The van der Waals surface area contributed by atoms with Gasteiger partial charge in [-0.25, -0.2) is 5.01 Å². The molecule has 2 N–H and O–H groups in total. The third kappa shape index (κ3) is 3.09. The second kappa shape index (κ2) is 7.43. The molecular formula is C24H22N2O5. The number of rotatable bonds is 4. The van der Waals surface area contributed by atoms with Gasteiger partial charge in [0.25, 0.3) is 0 Å². The lowest BCUT2D eigenvalue weighted by atomic mass is 9.95. The summed E-state index contributed by atoms with van der Waals surface area (Å²) in [7, 11) is 3.12. The predicted octanol–water partition coefficient (Wildman–Crippen LogP) is 4.36. The number of hydrazone groups is 1. The number of para-hydroxylation sites is 2. The van der Waals surface area contributed by atoms with Gasteiger partial charge in [0.2, 0.25) is 6.23 Å². The molecule has 0 bridgehead atoms. The minimum Gasteiger partial charge on any atom is -0.507 e. The Morgan fingerprint density at radius 3 is 2.52 bits per heavy atom. The summed E-state index contributed by atoms with van der Waals surface area (Å²) in [6.07, 6.45) is 0.0407. The maximum Gasteiger partial charge on any atom is 0.214 e. The first-order chi connectivity index (χ1) is 15.1. The highest BCUT2D eigenvalue weighted by Crippen LogP contribution is 2.51. The zero-order valence-corrected chi connectivity index (χ0v) is 17.1. The summed E-state index contributed by atoms with van der Waals surface area (Å²) in [6.45, 7) is 0. The van der Waals surface area contributed by atoms with Crippen molar-refractivity contribution in [2.24, 2.45) is 5.10 Å². The normalized spacial score (nSPS) is 19.2. The van der Waals surface area contributed by atoms with Crippen LogP contribution >= 0.6 is 0 Å². The molecule has 2 atom stereocenters. The summed E-state index contributed by atoms with van der Waals surface area (Å²) in [5.41, 5.74) is 3.22. The number of methoxy groups -OCH3 is 2. The van der Waals surface area contributed by atoms with Gasteiger partial charge in [0.15, 0.2) is 23.0 Å². The number of hydrogen-bond acceptors (Lipinski definition) is 7. The second-order valence-corrected chi connectivity index (χ2v) is 7.44. The molecule has 2 heterocycles. The van der Waals surface area contributed by atoms with Crippen LogP contribution in [0.5, 0.6) is 28.7 Å². The second-order valence-electron chi connectivity index (χ2n) is 7.44. The van der Waals surface area contributed by atoms with E-state index >= 15 is 0 Å². The number of phenols is 2. The van der Waals surface area contributed by atoms with Gasteiger partial charge in [-0.05, 0) is 36.4 Å². The Labute approximate surface area is 179 Å². The van der Waals surface area contributed by atoms with Crippen LogP contribution in [0.1, 0.15) is 35.4 Å². The van der Waals surface area contributed by atoms with Gasteiger partial charge in [0.1, 0.15) is 5.75 Å². The summed E-state index contributed by atoms with van der Waals surface area (Å²) in [5, 5.41) is 27.1. The van der Waals surface area contributed by atoms with Crippen LogP contribution in [0, 0.1) is 0 Å². The van der Waals surface area contributed by atoms with E-state index in [4.69, 9.17) is 19.3 Å². The van der Waals surface area contributed by atoms with E-state index in [9.17, 15) is 10.2 Å². The van der Waals surface area contributed by atoms with Crippen LogP contribution in [0.25, 0.3) is 0 Å². The van der Waals surface area contributed by atoms with Crippen molar-refractivity contribution >= 4 is 5.71 Å². The fourth-order valence-electron chi connectivity index (χ4n) is 4.19. The van der Waals surface area contributed by atoms with E-state index in [0.29, 0.717) is 29.2 Å². The average Bonchev–Trinajstić information content (AvgIpc) is 3.24. The number of hydrogen-bond donors (Lipinski definition) is 2. The van der Waals surface area contributed by atoms with E-state index in [1.54, 1.807) is 37.4 Å². The van der Waals surface area contributed by atoms with Gasteiger partial charge in [0.05, 0.1) is 26.0 Å². The molecule has 0 aliphatic carbocycles. The Kier molecular flexibility index (Phi) is 4.58. The molecule has 0 amide bonds. The topological polar surface area (TPSA) is 83.8 Å². The molecular weight excluding hydrogens is 396 g/mol. The Hall–Kier alpha value is -3.87. The molecule has 31 heavy (non-hydrogen) atoms. The highest BCUT2D eigenvalue weighted by molar-refractivity contribution is 6.04. The summed E-state index contributed by atoms with van der Waals surface area (Å²) >= 11 is 0. The summed E-state index contributed by atoms with van der Waals surface area (Å²) in [4.78, 5) is 0. The van der Waals surface area contributed by atoms with Crippen molar-refractivity contribution in [1.82, 2.24) is 5.01 Å². The van der Waals surface area contributed by atoms with Gasteiger partial charge >= 0.3 is 0 Å². The van der Waals surface area contributed by atoms with Gasteiger partial charge < -0.3 is 24.4 Å². The number of phenolic OH excluding ortho intramolecular Hbond substituents is 2. The van der Waals surface area contributed by atoms with Crippen molar-refractivity contribution in [2.75, 3.05) is 14.2 Å². The largest absolute Gasteiger partial charge is 0.507 e. The molecule has 0 saturated carbocycles. The molecule has 158 valence electrons. The van der Waals surface area contributed by atoms with Crippen molar-refractivity contribution in [3.05, 3.63) is 77.4 Å². The molecule has 3 aromatic carbocycles. The highest BCUT2D eigenvalue weighted by atomic mass is 16.5. The van der Waals surface area contributed by atoms with Crippen LogP contribution in [-0.4, -0.2) is 35.2 Å². The van der Waals surface area contributed by atoms with Crippen molar-refractivity contribution < 1.29 is 24.4 Å². The quantitative estimate of drug-likeness (QED) is 0.655. The van der Waals surface area contributed by atoms with E-state index in [1.807, 2.05) is 35.3 Å². The molecule has 2 aliphatic rings. The lowest BCUT2D eigenvalue weighted by molar-refractivity contribution is -0.0210. The van der Waals surface area contributed by atoms with E-state index in [-0.39, 0.29) is 17.5 Å². The highest BCUT2D eigenvalue weighted by Gasteiger charge is 2.42. The average molecular weight is 418 g/mol. The van der Waals surface area contributed by atoms with Gasteiger partial charge in [-0.1, -0.05) is 24.3 Å². The van der Waals surface area contributed by atoms with E-state index in [0.717, 1.165) is 16.8 Å². The number of fused-ring (bicyclic) bond motifs is 3. The molecule has 5 rings (SSSR count). The standard InChI is InChI=1S/C24H22N2O5/c1-29-21-9-5-7-16-18-13-17(15-6-3-4-8-19(15)27)25-26(18)24(31-23(16)21)14-10-11-20(28)22(12-14)30-2/h3-12,18,24,27-28H,13H2,1-2H3/t18-,24-/m0/s1. The van der Waals surface area contributed by atoms with Gasteiger partial charge in [-0.2, -0.15) is 5.10 Å². The first kappa shape index (κ1) is 19.1. The minimum absolute atomic E-state index is 0.0522. The van der Waals surface area contributed by atoms with Crippen LogP contribution in [0.3, 0.4) is 0 Å². The van der Waals surface area contributed by atoms with Crippen LogP contribution in [0.15, 0.2) is 65.8 Å². The van der Waals surface area contributed by atoms with Crippen molar-refractivity contribution in [3.63, 3.8) is 0 Å².